The van der Waals surface area contributed by atoms with E-state index in [2.05, 4.69) is 5.32 Å². The van der Waals surface area contributed by atoms with Crippen molar-refractivity contribution in [1.29, 1.82) is 10.8 Å². The average Bonchev–Trinajstić information content (AvgIpc) is 3.06. The third-order valence-corrected chi connectivity index (χ3v) is 7.26. The molecule has 0 spiro atoms. The third kappa shape index (κ3) is 5.43. The number of carbonyl (C=O) groups excluding carboxylic acids is 2. The number of halogens is 1. The van der Waals surface area contributed by atoms with Gasteiger partial charge in [-0.05, 0) is 61.6 Å². The van der Waals surface area contributed by atoms with Gasteiger partial charge < -0.3 is 15.1 Å². The first kappa shape index (κ1) is 26.5. The molecule has 4 rings (SSSR count). The van der Waals surface area contributed by atoms with Crippen LogP contribution < -0.4 is 5.32 Å². The van der Waals surface area contributed by atoms with E-state index in [4.69, 9.17) is 10.8 Å². The minimum Gasteiger partial charge on any atom is -0.342 e. The van der Waals surface area contributed by atoms with Gasteiger partial charge in [0.2, 0.25) is 5.91 Å². The lowest BCUT2D eigenvalue weighted by atomic mass is 9.91. The molecule has 2 amide bonds. The number of carbonyl (C=O) groups is 2. The number of hydrogen-bond donors (Lipinski definition) is 3. The molecule has 1 aliphatic carbocycles. The predicted molar refractivity (Wildman–Crippen MR) is 145 cm³/mol. The molecule has 7 nitrogen and oxygen atoms in total. The van der Waals surface area contributed by atoms with Gasteiger partial charge in [-0.3, -0.25) is 20.4 Å². The molecule has 0 aromatic heterocycles. The largest absolute Gasteiger partial charge is 0.342 e. The Kier molecular flexibility index (Phi) is 7.22. The highest BCUT2D eigenvalue weighted by Crippen LogP contribution is 2.27. The lowest BCUT2D eigenvalue weighted by Gasteiger charge is -2.34. The van der Waals surface area contributed by atoms with Crippen molar-refractivity contribution in [2.24, 2.45) is 5.41 Å². The zero-order chi connectivity index (χ0) is 27.1. The van der Waals surface area contributed by atoms with Crippen LogP contribution in [0.5, 0.6) is 0 Å². The minimum atomic E-state index is -0.576. The Morgan fingerprint density at radius 1 is 1.19 bits per heavy atom. The van der Waals surface area contributed by atoms with Crippen molar-refractivity contribution in [3.05, 3.63) is 70.1 Å². The average molecular weight is 508 g/mol. The molecule has 0 radical (unpaired) electrons. The number of amidine groups is 2. The first-order chi connectivity index (χ1) is 17.4. The van der Waals surface area contributed by atoms with Crippen LogP contribution in [0.2, 0.25) is 0 Å². The van der Waals surface area contributed by atoms with Crippen LogP contribution >= 0.6 is 0 Å². The lowest BCUT2D eigenvalue weighted by molar-refractivity contribution is -0.140. The molecule has 8 heteroatoms. The molecule has 2 heterocycles. The molecule has 1 fully saturated rings. The first-order valence-electron chi connectivity index (χ1n) is 12.8. The Labute approximate surface area is 219 Å². The van der Waals surface area contributed by atoms with Crippen LogP contribution in [0.1, 0.15) is 70.4 Å². The summed E-state index contributed by atoms with van der Waals surface area (Å²) in [6.45, 7) is 10.4. The fraction of sp³-hybridized carbons (Fsp3) is 0.448. The maximum Gasteiger partial charge on any atom is 0.254 e. The zero-order valence-corrected chi connectivity index (χ0v) is 22.2. The standard InChI is InChI=1S/C29H36FN5O2.H2/c1-17-13-20(26(32)35-18(2)9-10-25(35)31)7-6-8-24(17)33-27(36)22-14-21-16-34(28(37)29(3,4)5)12-11-19(21)15-23(22)30;/h6-8,13-15,18,24,31-32H,9-12,16H2,1-5H3,(H,33,36);1H/t18-,24?;/m0./s1. The van der Waals surface area contributed by atoms with Crippen LogP contribution in [0.25, 0.3) is 0 Å². The normalized spacial score (nSPS) is 21.7. The quantitative estimate of drug-likeness (QED) is 0.397. The molecule has 1 aromatic rings. The summed E-state index contributed by atoms with van der Waals surface area (Å²) in [4.78, 5) is 29.4. The summed E-state index contributed by atoms with van der Waals surface area (Å²) in [5.74, 6) is -0.372. The summed E-state index contributed by atoms with van der Waals surface area (Å²) >= 11 is 0. The van der Waals surface area contributed by atoms with E-state index in [9.17, 15) is 14.0 Å². The van der Waals surface area contributed by atoms with Crippen molar-refractivity contribution in [1.82, 2.24) is 15.1 Å². The molecule has 198 valence electrons. The van der Waals surface area contributed by atoms with E-state index in [1.165, 1.54) is 6.07 Å². The van der Waals surface area contributed by atoms with E-state index in [1.807, 2.05) is 46.8 Å². The van der Waals surface area contributed by atoms with Crippen LogP contribution in [-0.2, 0) is 17.8 Å². The van der Waals surface area contributed by atoms with E-state index >= 15 is 0 Å². The van der Waals surface area contributed by atoms with Gasteiger partial charge in [0.05, 0.1) is 11.6 Å². The Morgan fingerprint density at radius 2 is 1.92 bits per heavy atom. The van der Waals surface area contributed by atoms with Gasteiger partial charge in [-0.15, -0.1) is 0 Å². The summed E-state index contributed by atoms with van der Waals surface area (Å²) in [5, 5.41) is 19.7. The van der Waals surface area contributed by atoms with Crippen molar-refractivity contribution >= 4 is 23.5 Å². The highest BCUT2D eigenvalue weighted by Gasteiger charge is 2.31. The van der Waals surface area contributed by atoms with Gasteiger partial charge in [-0.2, -0.15) is 0 Å². The summed E-state index contributed by atoms with van der Waals surface area (Å²) in [6.07, 6.45) is 9.29. The molecular weight excluding hydrogens is 469 g/mol. The molecule has 0 saturated carbocycles. The van der Waals surface area contributed by atoms with E-state index in [0.29, 0.717) is 37.3 Å². The van der Waals surface area contributed by atoms with E-state index in [1.54, 1.807) is 28.0 Å². The van der Waals surface area contributed by atoms with Gasteiger partial charge in [0.1, 0.15) is 17.5 Å². The third-order valence-electron chi connectivity index (χ3n) is 7.26. The number of allylic oxidation sites excluding steroid dienone is 2. The molecule has 3 N–H and O–H groups in total. The molecule has 37 heavy (non-hydrogen) atoms. The highest BCUT2D eigenvalue weighted by molar-refractivity contribution is 6.09. The second-order valence-corrected chi connectivity index (χ2v) is 11.2. The van der Waals surface area contributed by atoms with Crippen LogP contribution in [0.3, 0.4) is 0 Å². The second-order valence-electron chi connectivity index (χ2n) is 11.2. The first-order valence-corrected chi connectivity index (χ1v) is 12.8. The number of hydrogen-bond acceptors (Lipinski definition) is 4. The molecule has 1 aromatic carbocycles. The number of amides is 2. The topological polar surface area (TPSA) is 100 Å². The molecule has 0 bridgehead atoms. The number of nitrogens with zero attached hydrogens (tertiary/aromatic N) is 2. The van der Waals surface area contributed by atoms with Crippen LogP contribution in [0.15, 0.2) is 47.6 Å². The van der Waals surface area contributed by atoms with E-state index in [-0.39, 0.29) is 24.8 Å². The smallest absolute Gasteiger partial charge is 0.254 e. The number of likely N-dealkylation sites (tertiary alicyclic amines) is 1. The van der Waals surface area contributed by atoms with Gasteiger partial charge in [-0.25, -0.2) is 4.39 Å². The van der Waals surface area contributed by atoms with E-state index < -0.39 is 23.2 Å². The number of fused-ring (bicyclic) bond motifs is 1. The maximum atomic E-state index is 15.0. The van der Waals surface area contributed by atoms with Crippen LogP contribution in [0, 0.1) is 22.1 Å². The number of rotatable bonds is 3. The second kappa shape index (κ2) is 10.1. The number of benzene rings is 1. The van der Waals surface area contributed by atoms with Crippen LogP contribution in [0.4, 0.5) is 4.39 Å². The Bertz CT molecular complexity index is 1260. The summed E-state index contributed by atoms with van der Waals surface area (Å²) in [6, 6.07) is 2.61. The predicted octanol–water partition coefficient (Wildman–Crippen LogP) is 4.98. The van der Waals surface area contributed by atoms with Crippen LogP contribution in [-0.4, -0.2) is 51.9 Å². The molecule has 2 atom stereocenters. The summed E-state index contributed by atoms with van der Waals surface area (Å²) < 4.78 is 15.0. The van der Waals surface area contributed by atoms with Gasteiger partial charge in [-0.1, -0.05) is 39.0 Å². The van der Waals surface area contributed by atoms with Gasteiger partial charge in [0.15, 0.2) is 0 Å². The fourth-order valence-corrected chi connectivity index (χ4v) is 5.09. The molecule has 1 saturated heterocycles. The Balaban J connectivity index is 0.00000400. The Hall–Kier alpha value is -3.55. The fourth-order valence-electron chi connectivity index (χ4n) is 5.09. The maximum absolute atomic E-state index is 15.0. The summed E-state index contributed by atoms with van der Waals surface area (Å²) in [5.41, 5.74) is 2.52. The van der Waals surface area contributed by atoms with Crippen molar-refractivity contribution in [3.8, 4) is 0 Å². The summed E-state index contributed by atoms with van der Waals surface area (Å²) in [7, 11) is 0. The van der Waals surface area contributed by atoms with Crippen molar-refractivity contribution in [2.75, 3.05) is 6.54 Å². The molecular formula is C29H38FN5O2. The Morgan fingerprint density at radius 3 is 2.57 bits per heavy atom. The molecule has 3 aliphatic rings. The minimum absolute atomic E-state index is 0. The van der Waals surface area contributed by atoms with Gasteiger partial charge in [0, 0.05) is 38.0 Å². The molecule has 1 unspecified atom stereocenters. The van der Waals surface area contributed by atoms with E-state index in [0.717, 1.165) is 23.1 Å². The van der Waals surface area contributed by atoms with Crippen molar-refractivity contribution < 1.29 is 15.4 Å². The van der Waals surface area contributed by atoms with Crippen molar-refractivity contribution in [2.45, 2.75) is 72.5 Å². The van der Waals surface area contributed by atoms with Gasteiger partial charge in [0.25, 0.3) is 5.91 Å². The zero-order valence-electron chi connectivity index (χ0n) is 22.2. The lowest BCUT2D eigenvalue weighted by Crippen LogP contribution is -2.42. The SMILES string of the molecule is CC1=CC(C(=N)N2C(=N)CC[C@@H]2C)=CC=CC1NC(=O)c1cc2c(cc1F)CCN(C(=O)C(C)(C)C)C2.[HH]. The van der Waals surface area contributed by atoms with Gasteiger partial charge >= 0.3 is 0 Å². The number of nitrogens with one attached hydrogen (secondary N) is 3. The monoisotopic (exact) mass is 507 g/mol. The van der Waals surface area contributed by atoms with Crippen molar-refractivity contribution in [3.63, 3.8) is 0 Å². The highest BCUT2D eigenvalue weighted by atomic mass is 19.1. The molecule has 2 aliphatic heterocycles.